The third kappa shape index (κ3) is 4.84. The van der Waals surface area contributed by atoms with Gasteiger partial charge in [-0.05, 0) is 36.8 Å². The zero-order valence-corrected chi connectivity index (χ0v) is 21.0. The number of carbonyl (C=O) groups excluding carboxylic acids is 1. The number of primary amides is 1. The number of nitrogens with two attached hydrogens (primary N) is 3. The van der Waals surface area contributed by atoms with E-state index in [1.807, 2.05) is 13.0 Å². The fraction of sp³-hybridized carbons (Fsp3) is 0.167. The second-order valence-electron chi connectivity index (χ2n) is 8.07. The van der Waals surface area contributed by atoms with Gasteiger partial charge < -0.3 is 22.5 Å². The maximum absolute atomic E-state index is 13.9. The van der Waals surface area contributed by atoms with Crippen LogP contribution in [0, 0.1) is 11.3 Å². The highest BCUT2D eigenvalue weighted by Crippen LogP contribution is 2.31. The highest BCUT2D eigenvalue weighted by Gasteiger charge is 2.25. The van der Waals surface area contributed by atoms with Crippen LogP contribution in [0.5, 0.6) is 0 Å². The van der Waals surface area contributed by atoms with Crippen LogP contribution in [0.15, 0.2) is 41.2 Å². The number of anilines is 3. The van der Waals surface area contributed by atoms with Crippen LogP contribution in [0.3, 0.4) is 0 Å². The lowest BCUT2D eigenvalue weighted by Crippen LogP contribution is -2.29. The Hall–Kier alpha value is -4.40. The molecule has 188 valence electrons. The van der Waals surface area contributed by atoms with Crippen molar-refractivity contribution in [1.29, 1.82) is 5.26 Å². The Morgan fingerprint density at radius 1 is 1.16 bits per heavy atom. The molecule has 0 bridgehead atoms. The number of benzene rings is 2. The third-order valence-electron chi connectivity index (χ3n) is 5.61. The molecule has 7 N–H and O–H groups in total. The maximum atomic E-state index is 13.9. The molecule has 1 atom stereocenters. The summed E-state index contributed by atoms with van der Waals surface area (Å²) in [6, 6.07) is 10.6. The fourth-order valence-corrected chi connectivity index (χ4v) is 4.38. The molecular weight excluding hydrogens is 517 g/mol. The van der Waals surface area contributed by atoms with Crippen molar-refractivity contribution in [3.63, 3.8) is 0 Å². The van der Waals surface area contributed by atoms with Crippen molar-refractivity contribution in [1.82, 2.24) is 19.5 Å². The molecule has 37 heavy (non-hydrogen) atoms. The number of nitrogens with one attached hydrogen (secondary N) is 1. The molecule has 0 aliphatic rings. The summed E-state index contributed by atoms with van der Waals surface area (Å²) in [4.78, 5) is 38.5. The monoisotopic (exact) mass is 537 g/mol. The molecule has 2 heterocycles. The zero-order chi connectivity index (χ0) is 26.9. The van der Waals surface area contributed by atoms with Crippen molar-refractivity contribution in [3.8, 4) is 11.8 Å². The molecule has 4 aromatic rings. The standard InChI is InChI=1S/C24H21Cl2N9O2/c1-2-4-16(31-21-13(10-27)19(28)33-24(30)34-21)22-32-18-15(26)8-7-14(25)17(18)23(37)35(22)12-6-3-5-11(9-12)20(29)36/h3,5-9,16H,2,4H2,1H3,(H2,29,36)(H5,28,30,31,33,34). The molecule has 0 radical (unpaired) electrons. The second-order valence-corrected chi connectivity index (χ2v) is 8.88. The van der Waals surface area contributed by atoms with Crippen LogP contribution in [0.4, 0.5) is 17.6 Å². The van der Waals surface area contributed by atoms with Gasteiger partial charge in [-0.1, -0.05) is 42.6 Å². The van der Waals surface area contributed by atoms with Gasteiger partial charge in [0.05, 0.1) is 32.7 Å². The van der Waals surface area contributed by atoms with Crippen molar-refractivity contribution in [2.24, 2.45) is 5.73 Å². The van der Waals surface area contributed by atoms with E-state index in [0.717, 1.165) is 0 Å². The molecule has 0 spiro atoms. The van der Waals surface area contributed by atoms with Crippen molar-refractivity contribution in [2.75, 3.05) is 16.8 Å². The maximum Gasteiger partial charge on any atom is 0.267 e. The summed E-state index contributed by atoms with van der Waals surface area (Å²) in [5.41, 5.74) is 17.3. The van der Waals surface area contributed by atoms with E-state index in [2.05, 4.69) is 15.3 Å². The molecule has 1 unspecified atom stereocenters. The first kappa shape index (κ1) is 25.7. The lowest BCUT2D eigenvalue weighted by atomic mass is 10.1. The predicted molar refractivity (Wildman–Crippen MR) is 143 cm³/mol. The molecule has 4 rings (SSSR count). The second kappa shape index (κ2) is 10.3. The number of fused-ring (bicyclic) bond motifs is 1. The Morgan fingerprint density at radius 2 is 1.89 bits per heavy atom. The van der Waals surface area contributed by atoms with Gasteiger partial charge in [-0.3, -0.25) is 14.2 Å². The fourth-order valence-electron chi connectivity index (χ4n) is 3.95. The first-order valence-electron chi connectivity index (χ1n) is 11.1. The van der Waals surface area contributed by atoms with E-state index < -0.39 is 17.5 Å². The zero-order valence-electron chi connectivity index (χ0n) is 19.5. The Bertz CT molecular complexity index is 1650. The van der Waals surface area contributed by atoms with Gasteiger partial charge in [-0.15, -0.1) is 0 Å². The molecule has 2 aromatic heterocycles. The van der Waals surface area contributed by atoms with E-state index in [9.17, 15) is 14.9 Å². The molecule has 11 nitrogen and oxygen atoms in total. The average Bonchev–Trinajstić information content (AvgIpc) is 2.85. The van der Waals surface area contributed by atoms with Gasteiger partial charge in [-0.2, -0.15) is 15.2 Å². The smallest absolute Gasteiger partial charge is 0.267 e. The van der Waals surface area contributed by atoms with Crippen molar-refractivity contribution in [2.45, 2.75) is 25.8 Å². The molecule has 1 amide bonds. The summed E-state index contributed by atoms with van der Waals surface area (Å²) in [5, 5.41) is 13.3. The number of hydrogen-bond acceptors (Lipinski definition) is 9. The summed E-state index contributed by atoms with van der Waals surface area (Å²) in [7, 11) is 0. The average molecular weight is 538 g/mol. The number of rotatable bonds is 7. The Balaban J connectivity index is 2.05. The number of hydrogen-bond donors (Lipinski definition) is 4. The quantitative estimate of drug-likeness (QED) is 0.272. The van der Waals surface area contributed by atoms with Crippen LogP contribution in [0.2, 0.25) is 10.0 Å². The minimum absolute atomic E-state index is 0.0122. The molecular formula is C24H21Cl2N9O2. The number of nitrogen functional groups attached to an aromatic ring is 2. The van der Waals surface area contributed by atoms with Crippen molar-refractivity contribution < 1.29 is 4.79 Å². The number of nitriles is 1. The molecule has 0 saturated heterocycles. The summed E-state index contributed by atoms with van der Waals surface area (Å²) in [5.74, 6) is -0.595. The first-order chi connectivity index (χ1) is 17.7. The Kier molecular flexibility index (Phi) is 7.15. The summed E-state index contributed by atoms with van der Waals surface area (Å²) in [6.07, 6.45) is 1.09. The number of nitrogens with zero attached hydrogens (tertiary/aromatic N) is 5. The van der Waals surface area contributed by atoms with Gasteiger partial charge in [0, 0.05) is 5.56 Å². The summed E-state index contributed by atoms with van der Waals surface area (Å²) >= 11 is 12.8. The van der Waals surface area contributed by atoms with E-state index in [1.165, 1.54) is 22.8 Å². The lowest BCUT2D eigenvalue weighted by Gasteiger charge is -2.24. The van der Waals surface area contributed by atoms with E-state index in [-0.39, 0.29) is 55.5 Å². The molecule has 13 heteroatoms. The highest BCUT2D eigenvalue weighted by molar-refractivity contribution is 6.39. The first-order valence-corrected chi connectivity index (χ1v) is 11.8. The number of amides is 1. The van der Waals surface area contributed by atoms with E-state index in [1.54, 1.807) is 18.2 Å². The van der Waals surface area contributed by atoms with Gasteiger partial charge >= 0.3 is 0 Å². The number of aromatic nitrogens is 4. The van der Waals surface area contributed by atoms with Crippen LogP contribution < -0.4 is 28.1 Å². The van der Waals surface area contributed by atoms with Crippen LogP contribution in [-0.2, 0) is 0 Å². The minimum Gasteiger partial charge on any atom is -0.382 e. The Labute approximate surface area is 220 Å². The minimum atomic E-state index is -0.685. The van der Waals surface area contributed by atoms with Crippen LogP contribution in [0.25, 0.3) is 16.6 Å². The lowest BCUT2D eigenvalue weighted by molar-refractivity contribution is 0.1000. The number of carbonyl (C=O) groups is 1. The summed E-state index contributed by atoms with van der Waals surface area (Å²) in [6.45, 7) is 1.93. The third-order valence-corrected chi connectivity index (χ3v) is 6.23. The van der Waals surface area contributed by atoms with Gasteiger partial charge in [-0.25, -0.2) is 4.98 Å². The highest BCUT2D eigenvalue weighted by atomic mass is 35.5. The summed E-state index contributed by atoms with van der Waals surface area (Å²) < 4.78 is 1.32. The van der Waals surface area contributed by atoms with Gasteiger partial charge in [0.25, 0.3) is 5.56 Å². The van der Waals surface area contributed by atoms with Crippen molar-refractivity contribution in [3.05, 3.63) is 73.7 Å². The molecule has 0 aliphatic carbocycles. The normalized spacial score (nSPS) is 11.7. The number of halogens is 2. The molecule has 0 aliphatic heterocycles. The molecule has 2 aromatic carbocycles. The topological polar surface area (TPSA) is 192 Å². The molecule has 0 saturated carbocycles. The van der Waals surface area contributed by atoms with Gasteiger partial charge in [0.2, 0.25) is 11.9 Å². The van der Waals surface area contributed by atoms with Crippen molar-refractivity contribution >= 4 is 57.6 Å². The van der Waals surface area contributed by atoms with Crippen LogP contribution in [0.1, 0.15) is 47.6 Å². The SMILES string of the molecule is CCCC(Nc1nc(N)nc(N)c1C#N)c1nc2c(Cl)ccc(Cl)c2c(=O)n1-c1cccc(C(N)=O)c1. The molecule has 0 fully saturated rings. The van der Waals surface area contributed by atoms with Crippen LogP contribution in [-0.4, -0.2) is 25.4 Å². The van der Waals surface area contributed by atoms with E-state index >= 15 is 0 Å². The Morgan fingerprint density at radius 3 is 2.57 bits per heavy atom. The van der Waals surface area contributed by atoms with Gasteiger partial charge in [0.15, 0.2) is 5.82 Å². The largest absolute Gasteiger partial charge is 0.382 e. The van der Waals surface area contributed by atoms with Gasteiger partial charge in [0.1, 0.15) is 23.3 Å². The van der Waals surface area contributed by atoms with E-state index in [0.29, 0.717) is 18.5 Å². The van der Waals surface area contributed by atoms with E-state index in [4.69, 9.17) is 45.4 Å². The predicted octanol–water partition coefficient (Wildman–Crippen LogP) is 3.57. The van der Waals surface area contributed by atoms with Crippen LogP contribution >= 0.6 is 23.2 Å².